The van der Waals surface area contributed by atoms with Crippen molar-refractivity contribution in [1.29, 1.82) is 0 Å². The first-order valence-corrected chi connectivity index (χ1v) is 7.89. The molecule has 0 aliphatic heterocycles. The van der Waals surface area contributed by atoms with Gasteiger partial charge >= 0.3 is 0 Å². The monoisotopic (exact) mass is 306 g/mol. The third-order valence-electron chi connectivity index (χ3n) is 3.10. The van der Waals surface area contributed by atoms with Crippen LogP contribution in [0.2, 0.25) is 0 Å². The van der Waals surface area contributed by atoms with E-state index >= 15 is 0 Å². The fourth-order valence-corrected chi connectivity index (χ4v) is 2.05. The van der Waals surface area contributed by atoms with Crippen LogP contribution in [0.3, 0.4) is 0 Å². The number of rotatable bonds is 9. The minimum absolute atomic E-state index is 0.682. The summed E-state index contributed by atoms with van der Waals surface area (Å²) in [5, 5.41) is 6.57. The van der Waals surface area contributed by atoms with E-state index in [9.17, 15) is 0 Å². The molecule has 0 heterocycles. The standard InChI is InChI=1S/C17H30N4O/c1-5-18-17(19-11-6-12-22-4)20-13-15-7-9-16(10-8-15)14-21(2)3/h7-10H,5-6,11-14H2,1-4H3,(H2,18,19,20). The lowest BCUT2D eigenvalue weighted by molar-refractivity contribution is 0.195. The molecule has 0 radical (unpaired) electrons. The number of ether oxygens (including phenoxy) is 1. The van der Waals surface area contributed by atoms with E-state index < -0.39 is 0 Å². The number of aliphatic imine (C=N–C) groups is 1. The molecule has 124 valence electrons. The Bertz CT molecular complexity index is 429. The Kier molecular flexibility index (Phi) is 9.26. The maximum absolute atomic E-state index is 5.05. The maximum atomic E-state index is 5.05. The van der Waals surface area contributed by atoms with E-state index in [0.717, 1.165) is 38.6 Å². The Balaban J connectivity index is 2.50. The molecule has 0 aromatic heterocycles. The number of guanidine groups is 1. The smallest absolute Gasteiger partial charge is 0.191 e. The van der Waals surface area contributed by atoms with Crippen LogP contribution in [0.25, 0.3) is 0 Å². The number of nitrogens with zero attached hydrogens (tertiary/aromatic N) is 2. The predicted molar refractivity (Wildman–Crippen MR) is 93.1 cm³/mol. The molecule has 0 spiro atoms. The minimum Gasteiger partial charge on any atom is -0.385 e. The molecular formula is C17H30N4O. The molecule has 0 aliphatic rings. The number of hydrogen-bond acceptors (Lipinski definition) is 3. The average Bonchev–Trinajstić information content (AvgIpc) is 2.50. The second-order valence-corrected chi connectivity index (χ2v) is 5.52. The van der Waals surface area contributed by atoms with E-state index in [-0.39, 0.29) is 0 Å². The minimum atomic E-state index is 0.682. The first-order valence-electron chi connectivity index (χ1n) is 7.89. The number of hydrogen-bond donors (Lipinski definition) is 2. The van der Waals surface area contributed by atoms with Gasteiger partial charge in [0.05, 0.1) is 6.54 Å². The Morgan fingerprint density at radius 3 is 2.41 bits per heavy atom. The van der Waals surface area contributed by atoms with E-state index in [0.29, 0.717) is 6.54 Å². The van der Waals surface area contributed by atoms with Crippen LogP contribution in [0.4, 0.5) is 0 Å². The lowest BCUT2D eigenvalue weighted by Gasteiger charge is -2.12. The van der Waals surface area contributed by atoms with Gasteiger partial charge in [-0.05, 0) is 38.6 Å². The van der Waals surface area contributed by atoms with Gasteiger partial charge in [-0.1, -0.05) is 24.3 Å². The molecular weight excluding hydrogens is 276 g/mol. The summed E-state index contributed by atoms with van der Waals surface area (Å²) in [5.41, 5.74) is 2.54. The van der Waals surface area contributed by atoms with Gasteiger partial charge in [-0.2, -0.15) is 0 Å². The molecule has 0 saturated heterocycles. The Morgan fingerprint density at radius 2 is 1.82 bits per heavy atom. The summed E-state index contributed by atoms with van der Waals surface area (Å²) in [4.78, 5) is 6.78. The molecule has 22 heavy (non-hydrogen) atoms. The topological polar surface area (TPSA) is 48.9 Å². The fourth-order valence-electron chi connectivity index (χ4n) is 2.05. The second kappa shape index (κ2) is 11.0. The van der Waals surface area contributed by atoms with Crippen molar-refractivity contribution < 1.29 is 4.74 Å². The van der Waals surface area contributed by atoms with Crippen molar-refractivity contribution in [3.05, 3.63) is 35.4 Å². The first kappa shape index (κ1) is 18.5. The summed E-state index contributed by atoms with van der Waals surface area (Å²) in [5.74, 6) is 0.857. The highest BCUT2D eigenvalue weighted by molar-refractivity contribution is 5.79. The van der Waals surface area contributed by atoms with Crippen LogP contribution in [-0.2, 0) is 17.8 Å². The van der Waals surface area contributed by atoms with Crippen molar-refractivity contribution in [2.75, 3.05) is 40.9 Å². The highest BCUT2D eigenvalue weighted by Gasteiger charge is 1.99. The van der Waals surface area contributed by atoms with Crippen molar-refractivity contribution in [3.63, 3.8) is 0 Å². The Hall–Kier alpha value is -1.59. The fraction of sp³-hybridized carbons (Fsp3) is 0.588. The van der Waals surface area contributed by atoms with Crippen LogP contribution in [0, 0.1) is 0 Å². The van der Waals surface area contributed by atoms with Gasteiger partial charge in [-0.25, -0.2) is 4.99 Å². The third kappa shape index (κ3) is 8.00. The second-order valence-electron chi connectivity index (χ2n) is 5.52. The number of benzene rings is 1. The Labute approximate surface area is 134 Å². The van der Waals surface area contributed by atoms with Gasteiger partial charge in [0.1, 0.15) is 0 Å². The van der Waals surface area contributed by atoms with Gasteiger partial charge in [-0.3, -0.25) is 0 Å². The summed E-state index contributed by atoms with van der Waals surface area (Å²) < 4.78 is 5.05. The van der Waals surface area contributed by atoms with E-state index in [1.165, 1.54) is 11.1 Å². The quantitative estimate of drug-likeness (QED) is 0.415. The molecule has 0 saturated carbocycles. The zero-order chi connectivity index (χ0) is 16.2. The zero-order valence-electron chi connectivity index (χ0n) is 14.4. The van der Waals surface area contributed by atoms with Crippen molar-refractivity contribution in [3.8, 4) is 0 Å². The van der Waals surface area contributed by atoms with Gasteiger partial charge in [0, 0.05) is 33.4 Å². The SMILES string of the molecule is CCNC(=NCc1ccc(CN(C)C)cc1)NCCCOC. The summed E-state index contributed by atoms with van der Waals surface area (Å²) >= 11 is 0. The Morgan fingerprint density at radius 1 is 1.14 bits per heavy atom. The number of methoxy groups -OCH3 is 1. The van der Waals surface area contributed by atoms with Crippen LogP contribution in [0.1, 0.15) is 24.5 Å². The van der Waals surface area contributed by atoms with Gasteiger partial charge < -0.3 is 20.3 Å². The molecule has 0 fully saturated rings. The summed E-state index contributed by atoms with van der Waals surface area (Å²) in [6.07, 6.45) is 0.972. The molecule has 1 aromatic rings. The lowest BCUT2D eigenvalue weighted by atomic mass is 10.1. The molecule has 5 heteroatoms. The largest absolute Gasteiger partial charge is 0.385 e. The molecule has 0 aliphatic carbocycles. The van der Waals surface area contributed by atoms with E-state index in [1.807, 2.05) is 0 Å². The van der Waals surface area contributed by atoms with Gasteiger partial charge in [0.15, 0.2) is 5.96 Å². The van der Waals surface area contributed by atoms with Gasteiger partial charge in [0.2, 0.25) is 0 Å². The van der Waals surface area contributed by atoms with Crippen molar-refractivity contribution >= 4 is 5.96 Å². The average molecular weight is 306 g/mol. The molecule has 2 N–H and O–H groups in total. The molecule has 1 aromatic carbocycles. The van der Waals surface area contributed by atoms with Crippen molar-refractivity contribution in [1.82, 2.24) is 15.5 Å². The van der Waals surface area contributed by atoms with Crippen LogP contribution in [0.15, 0.2) is 29.3 Å². The highest BCUT2D eigenvalue weighted by Crippen LogP contribution is 2.07. The third-order valence-corrected chi connectivity index (χ3v) is 3.10. The van der Waals surface area contributed by atoms with Crippen LogP contribution in [-0.4, -0.2) is 51.8 Å². The molecule has 0 atom stereocenters. The summed E-state index contributed by atoms with van der Waals surface area (Å²) in [6, 6.07) is 8.64. The van der Waals surface area contributed by atoms with Crippen LogP contribution < -0.4 is 10.6 Å². The van der Waals surface area contributed by atoms with Crippen LogP contribution >= 0.6 is 0 Å². The van der Waals surface area contributed by atoms with Gasteiger partial charge in [0.25, 0.3) is 0 Å². The molecule has 0 bridgehead atoms. The lowest BCUT2D eigenvalue weighted by Crippen LogP contribution is -2.38. The highest BCUT2D eigenvalue weighted by atomic mass is 16.5. The van der Waals surface area contributed by atoms with E-state index in [1.54, 1.807) is 7.11 Å². The first-order chi connectivity index (χ1) is 10.7. The number of nitrogens with one attached hydrogen (secondary N) is 2. The molecule has 1 rings (SSSR count). The maximum Gasteiger partial charge on any atom is 0.191 e. The summed E-state index contributed by atoms with van der Waals surface area (Å²) in [7, 11) is 5.88. The van der Waals surface area contributed by atoms with Gasteiger partial charge in [-0.15, -0.1) is 0 Å². The van der Waals surface area contributed by atoms with Crippen molar-refractivity contribution in [2.45, 2.75) is 26.4 Å². The summed E-state index contributed by atoms with van der Waals surface area (Å²) in [6.45, 7) is 6.20. The molecule has 0 unspecified atom stereocenters. The van der Waals surface area contributed by atoms with Crippen molar-refractivity contribution in [2.24, 2.45) is 4.99 Å². The van der Waals surface area contributed by atoms with E-state index in [4.69, 9.17) is 4.74 Å². The zero-order valence-corrected chi connectivity index (χ0v) is 14.4. The van der Waals surface area contributed by atoms with E-state index in [2.05, 4.69) is 65.8 Å². The van der Waals surface area contributed by atoms with Crippen LogP contribution in [0.5, 0.6) is 0 Å². The normalized spacial score (nSPS) is 11.8. The molecule has 5 nitrogen and oxygen atoms in total. The predicted octanol–water partition coefficient (Wildman–Crippen LogP) is 1.84. The molecule has 0 amide bonds.